The van der Waals surface area contributed by atoms with Crippen LogP contribution in [0.2, 0.25) is 3.34 Å². The van der Waals surface area contributed by atoms with Crippen LogP contribution >= 0.6 is 0 Å². The summed E-state index contributed by atoms with van der Waals surface area (Å²) >= 11 is 2.58. The van der Waals surface area contributed by atoms with Gasteiger partial charge in [-0.3, -0.25) is 0 Å². The second-order valence-corrected chi connectivity index (χ2v) is 28.9. The normalized spacial score (nSPS) is 16.6. The quantitative estimate of drug-likeness (QED) is 0.211. The van der Waals surface area contributed by atoms with Crippen molar-refractivity contribution in [3.8, 4) is 0 Å². The van der Waals surface area contributed by atoms with E-state index in [2.05, 4.69) is 248 Å². The summed E-state index contributed by atoms with van der Waals surface area (Å²) in [6.07, 6.45) is 7.70. The van der Waals surface area contributed by atoms with E-state index in [0.717, 1.165) is 0 Å². The van der Waals surface area contributed by atoms with E-state index in [9.17, 15) is 0 Å². The molecule has 0 nitrogen and oxygen atoms in total. The van der Waals surface area contributed by atoms with Crippen LogP contribution in [-0.2, 0) is 52.9 Å². The van der Waals surface area contributed by atoms with Gasteiger partial charge < -0.3 is 37.2 Å². The molecule has 312 valence electrons. The van der Waals surface area contributed by atoms with E-state index < -0.39 is 8.07 Å². The van der Waals surface area contributed by atoms with Gasteiger partial charge in [0.25, 0.3) is 0 Å². The van der Waals surface area contributed by atoms with Crippen LogP contribution in [0.25, 0.3) is 5.57 Å². The first-order valence-electron chi connectivity index (χ1n) is 20.6. The summed E-state index contributed by atoms with van der Waals surface area (Å²) in [5.41, 5.74) is 10.9. The molecule has 0 radical (unpaired) electrons. The molecular formula is C53H71Cl3SiTi. The molecule has 0 saturated heterocycles. The Morgan fingerprint density at radius 2 is 0.655 bits per heavy atom. The first kappa shape index (κ1) is 52.3. The van der Waals surface area contributed by atoms with Gasteiger partial charge in [0.15, 0.2) is 0 Å². The first-order valence-corrected chi connectivity index (χ1v) is 23.4. The zero-order chi connectivity index (χ0) is 41.4. The van der Waals surface area contributed by atoms with Crippen LogP contribution in [0.3, 0.4) is 0 Å². The van der Waals surface area contributed by atoms with E-state index in [1.165, 1.54) is 60.1 Å². The number of rotatable bonds is 5. The third-order valence-corrected chi connectivity index (χ3v) is 19.2. The van der Waals surface area contributed by atoms with Crippen molar-refractivity contribution in [1.29, 1.82) is 0 Å². The Balaban J connectivity index is 0.00000387. The topological polar surface area (TPSA) is 0 Å². The Labute approximate surface area is 386 Å². The second-order valence-electron chi connectivity index (χ2n) is 22.8. The summed E-state index contributed by atoms with van der Waals surface area (Å²) in [5.74, 6) is 0. The minimum atomic E-state index is -3.11. The molecular weight excluding hydrogens is 819 g/mol. The maximum Gasteiger partial charge on any atom is -1.00 e. The van der Waals surface area contributed by atoms with Gasteiger partial charge in [-0.1, -0.05) is 0 Å². The van der Waals surface area contributed by atoms with Crippen LogP contribution in [0.5, 0.6) is 0 Å². The molecule has 1 unspecified atom stereocenters. The fourth-order valence-electron chi connectivity index (χ4n) is 7.95. The Bertz CT molecular complexity index is 1840. The van der Waals surface area contributed by atoms with Crippen molar-refractivity contribution in [3.63, 3.8) is 0 Å². The van der Waals surface area contributed by atoms with Crippen LogP contribution in [0.1, 0.15) is 164 Å². The zero-order valence-corrected chi connectivity index (χ0v) is 43.8. The van der Waals surface area contributed by atoms with E-state index in [0.29, 0.717) is 0 Å². The van der Waals surface area contributed by atoms with Gasteiger partial charge in [0.2, 0.25) is 0 Å². The molecule has 0 aliphatic heterocycles. The van der Waals surface area contributed by atoms with Gasteiger partial charge in [0.05, 0.1) is 0 Å². The van der Waals surface area contributed by atoms with E-state index >= 15 is 0 Å². The minimum absolute atomic E-state index is 0. The first-order chi connectivity index (χ1) is 24.9. The van der Waals surface area contributed by atoms with Crippen molar-refractivity contribution in [1.82, 2.24) is 0 Å². The van der Waals surface area contributed by atoms with Crippen LogP contribution in [0.15, 0.2) is 103 Å². The number of halogens is 3. The molecule has 4 aromatic carbocycles. The predicted molar refractivity (Wildman–Crippen MR) is 242 cm³/mol. The summed E-state index contributed by atoms with van der Waals surface area (Å²) < 4.78 is -0.304. The standard InChI is InChI=1S/C53H71Si.3ClH.Ti/c1-48(2,3)38-27-39(49(4,5)6)31-45(30-38)54(44-25-24-37(26-44)36-22-20-19-21-23-36,46-32-40(50(7,8)9)28-41(33-46)51(10,11)12)47-34-42(52(13,14)15)29-43(35-47)53(16,17)18;;;;/h19-35H,1-18H3;3*1H;/q;;;;+3/p-3. The molecule has 1 aliphatic rings. The van der Waals surface area contributed by atoms with Crippen LogP contribution < -0.4 is 52.8 Å². The molecule has 0 amide bonds. The van der Waals surface area contributed by atoms with Crippen molar-refractivity contribution in [3.05, 3.63) is 142 Å². The molecule has 0 N–H and O–H groups in total. The molecule has 0 fully saturated rings. The van der Waals surface area contributed by atoms with E-state index in [1.54, 1.807) is 0 Å². The fourth-order valence-corrected chi connectivity index (χ4v) is 15.7. The zero-order valence-electron chi connectivity index (χ0n) is 38.9. The molecule has 5 heteroatoms. The Morgan fingerprint density at radius 1 is 0.397 bits per heavy atom. The van der Waals surface area contributed by atoms with Gasteiger partial charge >= 0.3 is 352 Å². The summed E-state index contributed by atoms with van der Waals surface area (Å²) in [6, 6.07) is 34.5. The number of hydrogen-bond donors (Lipinski definition) is 0. The molecule has 1 atom stereocenters. The second kappa shape index (κ2) is 17.5. The van der Waals surface area contributed by atoms with Crippen LogP contribution in [0.4, 0.5) is 0 Å². The Hall–Kier alpha value is -1.84. The molecule has 5 rings (SSSR count). The van der Waals surface area contributed by atoms with E-state index in [-0.39, 0.29) is 73.1 Å². The summed E-state index contributed by atoms with van der Waals surface area (Å²) in [6.45, 7) is 43.0. The summed E-state index contributed by atoms with van der Waals surface area (Å²) in [7, 11) is -3.11. The minimum Gasteiger partial charge on any atom is -1.00 e. The number of allylic oxidation sites excluding steroid dienone is 4. The number of hydrogen-bond acceptors (Lipinski definition) is 0. The largest absolute Gasteiger partial charge is 1.00 e. The maximum atomic E-state index is 2.66. The smallest absolute Gasteiger partial charge is 1.00 e. The molecule has 0 bridgehead atoms. The molecule has 0 spiro atoms. The average molecular weight is 890 g/mol. The van der Waals surface area contributed by atoms with Gasteiger partial charge in [-0.25, -0.2) is 0 Å². The maximum absolute atomic E-state index is 3.11. The van der Waals surface area contributed by atoms with Gasteiger partial charge in [0.1, 0.15) is 0 Å². The molecule has 1 aliphatic carbocycles. The molecule has 0 saturated carbocycles. The van der Waals surface area contributed by atoms with E-state index in [4.69, 9.17) is 0 Å². The third kappa shape index (κ3) is 10.6. The predicted octanol–water partition coefficient (Wildman–Crippen LogP) is 3.85. The fraction of sp³-hybridized carbons (Fsp3) is 0.472. The molecule has 4 aromatic rings. The van der Waals surface area contributed by atoms with Crippen LogP contribution in [0, 0.1) is 0 Å². The molecule has 0 heterocycles. The van der Waals surface area contributed by atoms with Crippen molar-refractivity contribution >= 4 is 29.2 Å². The summed E-state index contributed by atoms with van der Waals surface area (Å²) in [5, 5.41) is 4.50. The third-order valence-electron chi connectivity index (χ3n) is 11.9. The van der Waals surface area contributed by atoms with Gasteiger partial charge in [-0.05, 0) is 0 Å². The molecule has 58 heavy (non-hydrogen) atoms. The monoisotopic (exact) mass is 888 g/mol. The Kier molecular flexibility index (Phi) is 15.8. The SMILES string of the molecule is CC(C)(C)c1cc(C(C)(C)C)cc([Si](c2cc(C(C)(C)C)cc(C(C)(C)C)c2)(c2cc(C(C)(C)C)cc(C(C)(C)C)c2)[C]2([Ti+3])C=CC(c3ccccc3)=C2)c1.[Cl-].[Cl-].[Cl-]. The van der Waals surface area contributed by atoms with Crippen molar-refractivity contribution in [2.45, 2.75) is 160 Å². The summed E-state index contributed by atoms with van der Waals surface area (Å²) in [4.78, 5) is 0. The molecule has 0 aromatic heterocycles. The van der Waals surface area contributed by atoms with Gasteiger partial charge in [-0.2, -0.15) is 0 Å². The van der Waals surface area contributed by atoms with E-state index in [1.807, 2.05) is 0 Å². The Morgan fingerprint density at radius 3 is 0.897 bits per heavy atom. The van der Waals surface area contributed by atoms with Gasteiger partial charge in [-0.15, -0.1) is 0 Å². The van der Waals surface area contributed by atoms with Crippen molar-refractivity contribution in [2.24, 2.45) is 0 Å². The van der Waals surface area contributed by atoms with Gasteiger partial charge in [0, 0.05) is 0 Å². The average Bonchev–Trinajstić information content (AvgIpc) is 3.45. The van der Waals surface area contributed by atoms with Crippen molar-refractivity contribution in [2.75, 3.05) is 0 Å². The van der Waals surface area contributed by atoms with Crippen molar-refractivity contribution < 1.29 is 57.7 Å². The number of benzene rings is 4. The van der Waals surface area contributed by atoms with Crippen LogP contribution in [-0.4, -0.2) is 8.07 Å².